The highest BCUT2D eigenvalue weighted by molar-refractivity contribution is 9.10. The highest BCUT2D eigenvalue weighted by atomic mass is 79.9. The van der Waals surface area contributed by atoms with Gasteiger partial charge in [0.25, 0.3) is 10.0 Å². The average Bonchev–Trinajstić information content (AvgIpc) is 2.28. The number of hydrogen-bond donors (Lipinski definition) is 1. The maximum absolute atomic E-state index is 12.1. The van der Waals surface area contributed by atoms with Crippen molar-refractivity contribution in [1.82, 2.24) is 0 Å². The molecule has 2 rings (SSSR count). The van der Waals surface area contributed by atoms with Crippen LogP contribution >= 0.6 is 15.9 Å². The van der Waals surface area contributed by atoms with E-state index in [1.165, 1.54) is 0 Å². The fourth-order valence-corrected chi connectivity index (χ4v) is 3.28. The first-order valence-corrected chi connectivity index (χ1v) is 7.60. The van der Waals surface area contributed by atoms with E-state index in [0.29, 0.717) is 5.69 Å². The second-order valence-electron chi connectivity index (χ2n) is 3.94. The topological polar surface area (TPSA) is 46.2 Å². The molecule has 0 aromatic heterocycles. The van der Waals surface area contributed by atoms with Crippen LogP contribution in [0.1, 0.15) is 5.56 Å². The Morgan fingerprint density at radius 2 is 1.72 bits per heavy atom. The molecule has 2 aromatic carbocycles. The smallest absolute Gasteiger partial charge is 0.261 e. The van der Waals surface area contributed by atoms with Gasteiger partial charge in [-0.25, -0.2) is 8.42 Å². The van der Waals surface area contributed by atoms with E-state index in [0.717, 1.165) is 10.0 Å². The van der Waals surface area contributed by atoms with E-state index >= 15 is 0 Å². The molecule has 0 fully saturated rings. The van der Waals surface area contributed by atoms with Crippen LogP contribution in [0.25, 0.3) is 0 Å². The van der Waals surface area contributed by atoms with Gasteiger partial charge in [0.15, 0.2) is 0 Å². The summed E-state index contributed by atoms with van der Waals surface area (Å²) >= 11 is 3.34. The fourth-order valence-electron chi connectivity index (χ4n) is 1.61. The van der Waals surface area contributed by atoms with E-state index in [1.54, 1.807) is 42.5 Å². The number of benzene rings is 2. The van der Waals surface area contributed by atoms with Crippen molar-refractivity contribution in [2.24, 2.45) is 0 Å². The van der Waals surface area contributed by atoms with E-state index < -0.39 is 10.0 Å². The second kappa shape index (κ2) is 5.12. The average molecular weight is 326 g/mol. The maximum Gasteiger partial charge on any atom is 0.261 e. The van der Waals surface area contributed by atoms with Crippen molar-refractivity contribution in [1.29, 1.82) is 0 Å². The summed E-state index contributed by atoms with van der Waals surface area (Å²) in [4.78, 5) is 0.252. The van der Waals surface area contributed by atoms with Crippen LogP contribution < -0.4 is 4.72 Å². The molecule has 0 radical (unpaired) electrons. The van der Waals surface area contributed by atoms with Gasteiger partial charge in [-0.1, -0.05) is 34.1 Å². The Bertz CT molecular complexity index is 634. The Labute approximate surface area is 115 Å². The summed E-state index contributed by atoms with van der Waals surface area (Å²) in [5.74, 6) is 0. The van der Waals surface area contributed by atoms with Crippen LogP contribution in [0.2, 0.25) is 0 Å². The van der Waals surface area contributed by atoms with Gasteiger partial charge in [-0.3, -0.25) is 4.72 Å². The van der Waals surface area contributed by atoms with Gasteiger partial charge in [-0.15, -0.1) is 0 Å². The standard InChI is InChI=1S/C13H12BrNO2S/c1-10-7-11(14)9-12(8-10)15-18(16,17)13-5-3-2-4-6-13/h2-9,15H,1H3. The highest BCUT2D eigenvalue weighted by Gasteiger charge is 2.13. The Morgan fingerprint density at radius 3 is 2.33 bits per heavy atom. The lowest BCUT2D eigenvalue weighted by molar-refractivity contribution is 0.601. The number of halogens is 1. The maximum atomic E-state index is 12.1. The number of hydrogen-bond acceptors (Lipinski definition) is 2. The summed E-state index contributed by atoms with van der Waals surface area (Å²) in [6.45, 7) is 1.91. The zero-order valence-corrected chi connectivity index (χ0v) is 12.1. The van der Waals surface area contributed by atoms with Crippen LogP contribution in [0, 0.1) is 6.92 Å². The lowest BCUT2D eigenvalue weighted by Gasteiger charge is -2.09. The predicted octanol–water partition coefficient (Wildman–Crippen LogP) is 3.56. The van der Waals surface area contributed by atoms with Gasteiger partial charge in [0, 0.05) is 4.47 Å². The number of sulfonamides is 1. The van der Waals surface area contributed by atoms with Crippen LogP contribution in [0.3, 0.4) is 0 Å². The minimum atomic E-state index is -3.52. The predicted molar refractivity (Wildman–Crippen MR) is 76.1 cm³/mol. The Balaban J connectivity index is 2.34. The number of aryl methyl sites for hydroxylation is 1. The van der Waals surface area contributed by atoms with Crippen molar-refractivity contribution in [3.05, 3.63) is 58.6 Å². The molecule has 0 saturated heterocycles. The van der Waals surface area contributed by atoms with Gasteiger partial charge < -0.3 is 0 Å². The Kier molecular flexibility index (Phi) is 3.73. The zero-order valence-electron chi connectivity index (χ0n) is 9.72. The lowest BCUT2D eigenvalue weighted by atomic mass is 10.2. The molecular formula is C13H12BrNO2S. The molecule has 18 heavy (non-hydrogen) atoms. The highest BCUT2D eigenvalue weighted by Crippen LogP contribution is 2.21. The van der Waals surface area contributed by atoms with Gasteiger partial charge in [-0.2, -0.15) is 0 Å². The zero-order chi connectivity index (χ0) is 13.2. The van der Waals surface area contributed by atoms with E-state index in [2.05, 4.69) is 20.7 Å². The number of nitrogens with one attached hydrogen (secondary N) is 1. The molecule has 2 aromatic rings. The van der Waals surface area contributed by atoms with Gasteiger partial charge in [0.05, 0.1) is 10.6 Å². The lowest BCUT2D eigenvalue weighted by Crippen LogP contribution is -2.12. The van der Waals surface area contributed by atoms with E-state index in [4.69, 9.17) is 0 Å². The second-order valence-corrected chi connectivity index (χ2v) is 6.53. The van der Waals surface area contributed by atoms with Crippen molar-refractivity contribution in [2.75, 3.05) is 4.72 Å². The quantitative estimate of drug-likeness (QED) is 0.937. The van der Waals surface area contributed by atoms with Crippen molar-refractivity contribution >= 4 is 31.6 Å². The molecule has 0 aliphatic heterocycles. The normalized spacial score (nSPS) is 11.2. The van der Waals surface area contributed by atoms with E-state index in [1.807, 2.05) is 13.0 Å². The minimum absolute atomic E-state index is 0.252. The number of anilines is 1. The van der Waals surface area contributed by atoms with Crippen molar-refractivity contribution in [3.8, 4) is 0 Å². The molecule has 0 heterocycles. The molecule has 0 aliphatic rings. The summed E-state index contributed by atoms with van der Waals surface area (Å²) in [6, 6.07) is 13.7. The van der Waals surface area contributed by atoms with Crippen LogP contribution in [0.4, 0.5) is 5.69 Å². The monoisotopic (exact) mass is 325 g/mol. The molecule has 0 bridgehead atoms. The van der Waals surface area contributed by atoms with Crippen LogP contribution in [-0.2, 0) is 10.0 Å². The van der Waals surface area contributed by atoms with E-state index in [-0.39, 0.29) is 4.90 Å². The van der Waals surface area contributed by atoms with Crippen molar-refractivity contribution in [2.45, 2.75) is 11.8 Å². The summed E-state index contributed by atoms with van der Waals surface area (Å²) in [5.41, 5.74) is 1.53. The molecule has 1 N–H and O–H groups in total. The Morgan fingerprint density at radius 1 is 1.06 bits per heavy atom. The van der Waals surface area contributed by atoms with Gasteiger partial charge in [0.2, 0.25) is 0 Å². The fraction of sp³-hybridized carbons (Fsp3) is 0.0769. The van der Waals surface area contributed by atoms with Crippen LogP contribution in [0.5, 0.6) is 0 Å². The van der Waals surface area contributed by atoms with E-state index in [9.17, 15) is 8.42 Å². The third-order valence-electron chi connectivity index (χ3n) is 2.35. The van der Waals surface area contributed by atoms with Gasteiger partial charge >= 0.3 is 0 Å². The summed E-state index contributed by atoms with van der Waals surface area (Å²) in [7, 11) is -3.52. The van der Waals surface area contributed by atoms with Crippen LogP contribution in [0.15, 0.2) is 57.9 Å². The summed E-state index contributed by atoms with van der Waals surface area (Å²) in [6.07, 6.45) is 0. The molecule has 0 aliphatic carbocycles. The third-order valence-corrected chi connectivity index (χ3v) is 4.20. The third kappa shape index (κ3) is 3.11. The van der Waals surface area contributed by atoms with Gasteiger partial charge in [0.1, 0.15) is 0 Å². The SMILES string of the molecule is Cc1cc(Br)cc(NS(=O)(=O)c2ccccc2)c1. The molecule has 3 nitrogen and oxygen atoms in total. The van der Waals surface area contributed by atoms with Crippen molar-refractivity contribution in [3.63, 3.8) is 0 Å². The first-order valence-electron chi connectivity index (χ1n) is 5.32. The van der Waals surface area contributed by atoms with Crippen molar-refractivity contribution < 1.29 is 8.42 Å². The molecular weight excluding hydrogens is 314 g/mol. The summed E-state index contributed by atoms with van der Waals surface area (Å²) in [5, 5.41) is 0. The molecule has 0 unspecified atom stereocenters. The molecule has 0 spiro atoms. The molecule has 5 heteroatoms. The summed E-state index contributed by atoms with van der Waals surface area (Å²) < 4.78 is 27.6. The first kappa shape index (κ1) is 13.1. The molecule has 0 saturated carbocycles. The molecule has 94 valence electrons. The molecule has 0 atom stereocenters. The largest absolute Gasteiger partial charge is 0.280 e. The number of rotatable bonds is 3. The Hall–Kier alpha value is -1.33. The first-order chi connectivity index (χ1) is 8.47. The van der Waals surface area contributed by atoms with Gasteiger partial charge in [-0.05, 0) is 42.8 Å². The minimum Gasteiger partial charge on any atom is -0.280 e. The van der Waals surface area contributed by atoms with Crippen LogP contribution in [-0.4, -0.2) is 8.42 Å². The molecule has 0 amide bonds.